The minimum Gasteiger partial charge on any atom is -0.317 e. The molecule has 0 aliphatic carbocycles. The Kier molecular flexibility index (Phi) is 3.06. The fraction of sp³-hybridized carbons (Fsp3) is 0.385. The standard InChI is InChI=1S/C13H14ClN3O/c14-13-16-11-4-2-1-3-10(11)12(18)17(13)9-5-7-15-8-6-9/h1-4,9,15H,5-8H2. The van der Waals surface area contributed by atoms with Gasteiger partial charge >= 0.3 is 0 Å². The van der Waals surface area contributed by atoms with Gasteiger partial charge in [0.05, 0.1) is 10.9 Å². The number of rotatable bonds is 1. The van der Waals surface area contributed by atoms with Gasteiger partial charge in [-0.1, -0.05) is 12.1 Å². The van der Waals surface area contributed by atoms with E-state index < -0.39 is 0 Å². The number of halogens is 1. The molecule has 0 atom stereocenters. The lowest BCUT2D eigenvalue weighted by Gasteiger charge is -2.25. The Labute approximate surface area is 110 Å². The topological polar surface area (TPSA) is 46.9 Å². The van der Waals surface area contributed by atoms with Crippen molar-refractivity contribution < 1.29 is 0 Å². The number of fused-ring (bicyclic) bond motifs is 1. The molecule has 1 aromatic carbocycles. The smallest absolute Gasteiger partial charge is 0.262 e. The highest BCUT2D eigenvalue weighted by atomic mass is 35.5. The van der Waals surface area contributed by atoms with E-state index in [1.165, 1.54) is 0 Å². The summed E-state index contributed by atoms with van der Waals surface area (Å²) in [4.78, 5) is 16.8. The summed E-state index contributed by atoms with van der Waals surface area (Å²) in [6.45, 7) is 1.83. The van der Waals surface area contributed by atoms with Crippen LogP contribution in [-0.2, 0) is 0 Å². The van der Waals surface area contributed by atoms with E-state index in [0.29, 0.717) is 16.2 Å². The maximum absolute atomic E-state index is 12.5. The van der Waals surface area contributed by atoms with Crippen LogP contribution in [0.4, 0.5) is 0 Å². The van der Waals surface area contributed by atoms with Crippen molar-refractivity contribution in [2.24, 2.45) is 0 Å². The predicted molar refractivity (Wildman–Crippen MR) is 72.2 cm³/mol. The van der Waals surface area contributed by atoms with Crippen LogP contribution in [0.3, 0.4) is 0 Å². The summed E-state index contributed by atoms with van der Waals surface area (Å²) in [7, 11) is 0. The third kappa shape index (κ3) is 1.91. The van der Waals surface area contributed by atoms with Crippen LogP contribution in [0.25, 0.3) is 10.9 Å². The fourth-order valence-corrected chi connectivity index (χ4v) is 2.81. The molecule has 0 spiro atoms. The normalized spacial score (nSPS) is 17.2. The Balaban J connectivity index is 2.19. The molecule has 1 aliphatic heterocycles. The van der Waals surface area contributed by atoms with Crippen molar-refractivity contribution in [3.05, 3.63) is 39.9 Å². The second-order valence-electron chi connectivity index (χ2n) is 4.55. The molecule has 0 amide bonds. The summed E-state index contributed by atoms with van der Waals surface area (Å²) in [6, 6.07) is 7.49. The van der Waals surface area contributed by atoms with Crippen molar-refractivity contribution in [3.63, 3.8) is 0 Å². The number of aromatic nitrogens is 2. The van der Waals surface area contributed by atoms with Gasteiger partial charge in [0.15, 0.2) is 0 Å². The van der Waals surface area contributed by atoms with E-state index >= 15 is 0 Å². The van der Waals surface area contributed by atoms with Crippen LogP contribution in [0, 0.1) is 0 Å². The van der Waals surface area contributed by atoms with Gasteiger partial charge < -0.3 is 5.32 Å². The third-order valence-corrected chi connectivity index (χ3v) is 3.71. The zero-order valence-corrected chi connectivity index (χ0v) is 10.7. The number of hydrogen-bond donors (Lipinski definition) is 1. The van der Waals surface area contributed by atoms with Crippen molar-refractivity contribution in [1.82, 2.24) is 14.9 Å². The van der Waals surface area contributed by atoms with Crippen molar-refractivity contribution in [3.8, 4) is 0 Å². The van der Waals surface area contributed by atoms with Crippen molar-refractivity contribution in [1.29, 1.82) is 0 Å². The maximum Gasteiger partial charge on any atom is 0.262 e. The first-order valence-corrected chi connectivity index (χ1v) is 6.52. The van der Waals surface area contributed by atoms with Gasteiger partial charge in [-0.2, -0.15) is 0 Å². The average Bonchev–Trinajstić information content (AvgIpc) is 2.40. The second kappa shape index (κ2) is 4.71. The van der Waals surface area contributed by atoms with Gasteiger partial charge in [-0.15, -0.1) is 0 Å². The van der Waals surface area contributed by atoms with Crippen LogP contribution < -0.4 is 10.9 Å². The van der Waals surface area contributed by atoms with Crippen molar-refractivity contribution in [2.75, 3.05) is 13.1 Å². The molecular weight excluding hydrogens is 250 g/mol. The van der Waals surface area contributed by atoms with E-state index in [9.17, 15) is 4.79 Å². The monoisotopic (exact) mass is 263 g/mol. The molecule has 2 aromatic rings. The molecule has 1 aromatic heterocycles. The summed E-state index contributed by atoms with van der Waals surface area (Å²) in [5, 5.41) is 4.22. The number of nitrogens with one attached hydrogen (secondary N) is 1. The van der Waals surface area contributed by atoms with Gasteiger partial charge in [-0.3, -0.25) is 9.36 Å². The van der Waals surface area contributed by atoms with Gasteiger partial charge in [0.1, 0.15) is 0 Å². The van der Waals surface area contributed by atoms with Gasteiger partial charge in [0, 0.05) is 6.04 Å². The van der Waals surface area contributed by atoms with Crippen LogP contribution in [0.1, 0.15) is 18.9 Å². The van der Waals surface area contributed by atoms with Crippen LogP contribution >= 0.6 is 11.6 Å². The molecule has 0 unspecified atom stereocenters. The summed E-state index contributed by atoms with van der Waals surface area (Å²) in [5.41, 5.74) is 0.634. The van der Waals surface area contributed by atoms with E-state index in [-0.39, 0.29) is 11.6 Å². The number of piperidine rings is 1. The largest absolute Gasteiger partial charge is 0.317 e. The molecule has 1 saturated heterocycles. The Morgan fingerprint density at radius 2 is 2.00 bits per heavy atom. The molecule has 94 valence electrons. The molecule has 4 nitrogen and oxygen atoms in total. The van der Waals surface area contributed by atoms with Gasteiger partial charge in [0.25, 0.3) is 5.56 Å². The van der Waals surface area contributed by atoms with Gasteiger partial charge in [-0.05, 0) is 49.7 Å². The fourth-order valence-electron chi connectivity index (χ4n) is 2.50. The Bertz CT molecular complexity index is 632. The molecular formula is C13H14ClN3O. The molecule has 0 radical (unpaired) electrons. The first-order chi connectivity index (χ1) is 8.77. The molecule has 1 aliphatic rings. The molecule has 5 heteroatoms. The Morgan fingerprint density at radius 1 is 1.28 bits per heavy atom. The first-order valence-electron chi connectivity index (χ1n) is 6.15. The Morgan fingerprint density at radius 3 is 2.78 bits per heavy atom. The third-order valence-electron chi connectivity index (χ3n) is 3.44. The highest BCUT2D eigenvalue weighted by Gasteiger charge is 2.20. The molecule has 0 bridgehead atoms. The molecule has 3 rings (SSSR count). The highest BCUT2D eigenvalue weighted by Crippen LogP contribution is 2.21. The summed E-state index contributed by atoms with van der Waals surface area (Å²) >= 11 is 6.17. The van der Waals surface area contributed by atoms with E-state index in [1.54, 1.807) is 10.6 Å². The van der Waals surface area contributed by atoms with Gasteiger partial charge in [0.2, 0.25) is 5.28 Å². The average molecular weight is 264 g/mol. The molecule has 1 N–H and O–H groups in total. The predicted octanol–water partition coefficient (Wildman–Crippen LogP) is 1.97. The van der Waals surface area contributed by atoms with E-state index in [4.69, 9.17) is 11.6 Å². The Hall–Kier alpha value is -1.39. The first kappa shape index (κ1) is 11.7. The lowest BCUT2D eigenvalue weighted by molar-refractivity contribution is 0.360. The molecule has 2 heterocycles. The van der Waals surface area contributed by atoms with E-state index in [0.717, 1.165) is 25.9 Å². The van der Waals surface area contributed by atoms with E-state index in [2.05, 4.69) is 10.3 Å². The lowest BCUT2D eigenvalue weighted by atomic mass is 10.1. The van der Waals surface area contributed by atoms with Crippen molar-refractivity contribution >= 4 is 22.5 Å². The SMILES string of the molecule is O=c1c2ccccc2nc(Cl)n1C1CCNCC1. The minimum atomic E-state index is -0.0301. The lowest BCUT2D eigenvalue weighted by Crippen LogP contribution is -2.35. The van der Waals surface area contributed by atoms with Crippen LogP contribution in [0.5, 0.6) is 0 Å². The zero-order valence-electron chi connectivity index (χ0n) is 9.90. The number of para-hydroxylation sites is 1. The highest BCUT2D eigenvalue weighted by molar-refractivity contribution is 6.28. The maximum atomic E-state index is 12.5. The minimum absolute atomic E-state index is 0.0301. The van der Waals surface area contributed by atoms with E-state index in [1.807, 2.05) is 18.2 Å². The second-order valence-corrected chi connectivity index (χ2v) is 4.89. The molecule has 18 heavy (non-hydrogen) atoms. The summed E-state index contributed by atoms with van der Waals surface area (Å²) in [6.07, 6.45) is 1.83. The number of nitrogens with zero attached hydrogens (tertiary/aromatic N) is 2. The van der Waals surface area contributed by atoms with Gasteiger partial charge in [-0.25, -0.2) is 4.98 Å². The summed E-state index contributed by atoms with van der Waals surface area (Å²) in [5.74, 6) is 0. The summed E-state index contributed by atoms with van der Waals surface area (Å²) < 4.78 is 1.64. The van der Waals surface area contributed by atoms with Crippen LogP contribution in [0.2, 0.25) is 5.28 Å². The number of hydrogen-bond acceptors (Lipinski definition) is 3. The van der Waals surface area contributed by atoms with Crippen molar-refractivity contribution in [2.45, 2.75) is 18.9 Å². The molecule has 0 saturated carbocycles. The molecule has 1 fully saturated rings. The quantitative estimate of drug-likeness (QED) is 0.801. The zero-order chi connectivity index (χ0) is 12.5. The van der Waals surface area contributed by atoms with Crippen LogP contribution in [0.15, 0.2) is 29.1 Å². The van der Waals surface area contributed by atoms with Crippen LogP contribution in [-0.4, -0.2) is 22.6 Å². The number of benzene rings is 1.